The van der Waals surface area contributed by atoms with Gasteiger partial charge in [0.05, 0.1) is 18.9 Å². The van der Waals surface area contributed by atoms with E-state index in [9.17, 15) is 44.7 Å². The zero-order valence-electron chi connectivity index (χ0n) is 22.6. The molecule has 240 valence electrons. The molecule has 45 heavy (non-hydrogen) atoms. The predicted molar refractivity (Wildman–Crippen MR) is 134 cm³/mol. The largest absolute Gasteiger partial charge is 0.573 e. The quantitative estimate of drug-likeness (QED) is 0.222. The van der Waals surface area contributed by atoms with Gasteiger partial charge in [-0.2, -0.15) is 13.2 Å². The summed E-state index contributed by atoms with van der Waals surface area (Å²) >= 11 is 0. The summed E-state index contributed by atoms with van der Waals surface area (Å²) in [6, 6.07) is 4.26. The van der Waals surface area contributed by atoms with Crippen LogP contribution in [0, 0.1) is 5.82 Å². The fourth-order valence-corrected chi connectivity index (χ4v) is 3.69. The standard InChI is InChI=1S/C25H21F8N9O3/c26-16(5-6-41-12-19(37-39-41)22(43)35-9-14-1-4-21(34-8-14)24(28,29)30)11-42-13-20(38-40-42)23(44)36-10-15-7-17(2-3-18(15)27)45-25(31,32)33/h1-4,7-8,12-13,16H,5-6,9-11H2,(H,35,43)(H,36,44). The van der Waals surface area contributed by atoms with Gasteiger partial charge < -0.3 is 15.4 Å². The minimum absolute atomic E-state index is 0.00497. The molecule has 0 aliphatic heterocycles. The number of ether oxygens (including phenoxy) is 1. The van der Waals surface area contributed by atoms with Gasteiger partial charge in [-0.25, -0.2) is 13.5 Å². The number of nitrogens with zero attached hydrogens (tertiary/aromatic N) is 7. The van der Waals surface area contributed by atoms with Gasteiger partial charge >= 0.3 is 12.5 Å². The van der Waals surface area contributed by atoms with Crippen molar-refractivity contribution in [2.75, 3.05) is 0 Å². The first-order chi connectivity index (χ1) is 21.2. The zero-order chi connectivity index (χ0) is 32.8. The Morgan fingerprint density at radius 3 is 2.16 bits per heavy atom. The summed E-state index contributed by atoms with van der Waals surface area (Å²) in [6.07, 6.45) is -7.85. The normalized spacial score (nSPS) is 12.5. The second-order valence-electron chi connectivity index (χ2n) is 9.29. The fraction of sp³-hybridized carbons (Fsp3) is 0.320. The molecule has 0 saturated carbocycles. The van der Waals surface area contributed by atoms with Crippen LogP contribution in [0.3, 0.4) is 0 Å². The highest BCUT2D eigenvalue weighted by molar-refractivity contribution is 5.92. The van der Waals surface area contributed by atoms with Gasteiger partial charge in [-0.05, 0) is 29.8 Å². The average Bonchev–Trinajstić information content (AvgIpc) is 3.64. The Balaban J connectivity index is 1.21. The number of amides is 2. The second-order valence-corrected chi connectivity index (χ2v) is 9.29. The van der Waals surface area contributed by atoms with Crippen LogP contribution in [0.5, 0.6) is 5.75 Å². The highest BCUT2D eigenvalue weighted by Crippen LogP contribution is 2.27. The summed E-state index contributed by atoms with van der Waals surface area (Å²) in [5.74, 6) is -3.07. The van der Waals surface area contributed by atoms with Gasteiger partial charge in [-0.15, -0.1) is 23.4 Å². The molecular weight excluding hydrogens is 626 g/mol. The summed E-state index contributed by atoms with van der Waals surface area (Å²) in [5.41, 5.74) is -1.41. The van der Waals surface area contributed by atoms with Crippen LogP contribution in [0.4, 0.5) is 35.1 Å². The van der Waals surface area contributed by atoms with E-state index < -0.39 is 54.3 Å². The van der Waals surface area contributed by atoms with Crippen LogP contribution in [-0.4, -0.2) is 59.3 Å². The Hall–Kier alpha value is -5.17. The number of alkyl halides is 7. The lowest BCUT2D eigenvalue weighted by Gasteiger charge is -2.11. The monoisotopic (exact) mass is 647 g/mol. The summed E-state index contributed by atoms with van der Waals surface area (Å²) < 4.78 is 110. The number of rotatable bonds is 12. The lowest BCUT2D eigenvalue weighted by atomic mass is 10.2. The Morgan fingerprint density at radius 2 is 1.53 bits per heavy atom. The molecule has 0 bridgehead atoms. The first-order valence-corrected chi connectivity index (χ1v) is 12.7. The molecule has 0 saturated heterocycles. The van der Waals surface area contributed by atoms with Crippen LogP contribution >= 0.6 is 0 Å². The lowest BCUT2D eigenvalue weighted by Crippen LogP contribution is -2.24. The topological polar surface area (TPSA) is 142 Å². The number of carbonyl (C=O) groups is 2. The predicted octanol–water partition coefficient (Wildman–Crippen LogP) is 3.61. The molecule has 0 radical (unpaired) electrons. The van der Waals surface area contributed by atoms with E-state index in [-0.39, 0.29) is 43.0 Å². The first-order valence-electron chi connectivity index (χ1n) is 12.7. The van der Waals surface area contributed by atoms with E-state index in [0.29, 0.717) is 5.56 Å². The molecule has 0 spiro atoms. The van der Waals surface area contributed by atoms with Crippen LogP contribution in [0.2, 0.25) is 0 Å². The number of carbonyl (C=O) groups excluding carboxylic acids is 2. The van der Waals surface area contributed by atoms with E-state index in [0.717, 1.165) is 41.3 Å². The molecule has 4 rings (SSSR count). The SMILES string of the molecule is O=C(NCc1ccc(C(F)(F)F)nc1)c1cn(CCC(F)Cn2cc(C(=O)NCc3cc(OC(F)(F)F)ccc3F)nn2)nn1. The highest BCUT2D eigenvalue weighted by Gasteiger charge is 2.32. The fourth-order valence-electron chi connectivity index (χ4n) is 3.69. The number of nitrogens with one attached hydrogen (secondary N) is 2. The van der Waals surface area contributed by atoms with E-state index >= 15 is 0 Å². The van der Waals surface area contributed by atoms with Crippen LogP contribution in [0.15, 0.2) is 48.9 Å². The number of hydrogen-bond donors (Lipinski definition) is 2. The Labute approximate surface area is 247 Å². The van der Waals surface area contributed by atoms with E-state index in [2.05, 4.69) is 41.0 Å². The molecule has 0 fully saturated rings. The minimum Gasteiger partial charge on any atom is -0.406 e. The maximum Gasteiger partial charge on any atom is 0.573 e. The van der Waals surface area contributed by atoms with E-state index in [1.807, 2.05) is 0 Å². The second kappa shape index (κ2) is 13.6. The van der Waals surface area contributed by atoms with Crippen molar-refractivity contribution in [1.82, 2.24) is 45.6 Å². The molecule has 20 heteroatoms. The molecular formula is C25H21F8N9O3. The van der Waals surface area contributed by atoms with E-state index in [1.54, 1.807) is 0 Å². The van der Waals surface area contributed by atoms with Crippen LogP contribution in [-0.2, 0) is 32.4 Å². The Bertz CT molecular complexity index is 1620. The van der Waals surface area contributed by atoms with Crippen molar-refractivity contribution in [3.05, 3.63) is 82.9 Å². The maximum atomic E-state index is 14.6. The first kappa shape index (κ1) is 32.7. The number of pyridine rings is 1. The van der Waals surface area contributed by atoms with Crippen molar-refractivity contribution < 1.29 is 49.4 Å². The van der Waals surface area contributed by atoms with Gasteiger partial charge in [0.1, 0.15) is 23.4 Å². The maximum absolute atomic E-state index is 14.6. The number of aryl methyl sites for hydroxylation is 1. The van der Waals surface area contributed by atoms with Gasteiger partial charge in [-0.1, -0.05) is 16.5 Å². The van der Waals surface area contributed by atoms with Crippen molar-refractivity contribution in [3.8, 4) is 5.75 Å². The molecule has 12 nitrogen and oxygen atoms in total. The van der Waals surface area contributed by atoms with Crippen LogP contribution in [0.1, 0.15) is 44.2 Å². The number of aromatic nitrogens is 7. The third kappa shape index (κ3) is 9.66. The summed E-state index contributed by atoms with van der Waals surface area (Å²) in [7, 11) is 0. The number of hydrogen-bond acceptors (Lipinski definition) is 8. The molecule has 1 atom stereocenters. The molecule has 0 aliphatic carbocycles. The summed E-state index contributed by atoms with van der Waals surface area (Å²) in [4.78, 5) is 27.9. The lowest BCUT2D eigenvalue weighted by molar-refractivity contribution is -0.274. The molecule has 2 amide bonds. The molecule has 2 N–H and O–H groups in total. The molecule has 0 aliphatic rings. The third-order valence-electron chi connectivity index (χ3n) is 5.86. The zero-order valence-corrected chi connectivity index (χ0v) is 22.6. The van der Waals surface area contributed by atoms with E-state index in [1.165, 1.54) is 16.9 Å². The van der Waals surface area contributed by atoms with Crippen molar-refractivity contribution in [2.24, 2.45) is 0 Å². The van der Waals surface area contributed by atoms with Crippen LogP contribution < -0.4 is 15.4 Å². The van der Waals surface area contributed by atoms with Crippen molar-refractivity contribution in [3.63, 3.8) is 0 Å². The van der Waals surface area contributed by atoms with Gasteiger partial charge in [-0.3, -0.25) is 19.3 Å². The molecule has 1 unspecified atom stereocenters. The molecule has 3 heterocycles. The smallest absolute Gasteiger partial charge is 0.406 e. The molecule has 4 aromatic rings. The van der Waals surface area contributed by atoms with E-state index in [4.69, 9.17) is 0 Å². The number of benzene rings is 1. The Morgan fingerprint density at radius 1 is 0.889 bits per heavy atom. The van der Waals surface area contributed by atoms with Crippen molar-refractivity contribution in [2.45, 2.75) is 51.3 Å². The van der Waals surface area contributed by atoms with Gasteiger partial charge in [0.25, 0.3) is 11.8 Å². The number of halogens is 8. The summed E-state index contributed by atoms with van der Waals surface area (Å²) in [6.45, 7) is -0.950. The molecule has 3 aromatic heterocycles. The van der Waals surface area contributed by atoms with Gasteiger partial charge in [0, 0.05) is 37.8 Å². The Kier molecular flexibility index (Phi) is 9.92. The highest BCUT2D eigenvalue weighted by atomic mass is 19.4. The molecule has 1 aromatic carbocycles. The van der Waals surface area contributed by atoms with Crippen molar-refractivity contribution in [1.29, 1.82) is 0 Å². The van der Waals surface area contributed by atoms with Crippen LogP contribution in [0.25, 0.3) is 0 Å². The van der Waals surface area contributed by atoms with Gasteiger partial charge in [0.2, 0.25) is 0 Å². The average molecular weight is 647 g/mol. The minimum atomic E-state index is -4.98. The summed E-state index contributed by atoms with van der Waals surface area (Å²) in [5, 5.41) is 19.4. The third-order valence-corrected chi connectivity index (χ3v) is 5.86. The van der Waals surface area contributed by atoms with Gasteiger partial charge in [0.15, 0.2) is 11.4 Å². The van der Waals surface area contributed by atoms with Crippen molar-refractivity contribution >= 4 is 11.8 Å².